The summed E-state index contributed by atoms with van der Waals surface area (Å²) in [5, 5.41) is 6.43. The highest BCUT2D eigenvalue weighted by atomic mass is 79.9. The van der Waals surface area contributed by atoms with Gasteiger partial charge in [-0.15, -0.1) is 0 Å². The second kappa shape index (κ2) is 10.9. The van der Waals surface area contributed by atoms with Gasteiger partial charge in [-0.3, -0.25) is 9.59 Å². The second-order valence-electron chi connectivity index (χ2n) is 3.60. The van der Waals surface area contributed by atoms with Crippen molar-refractivity contribution >= 4 is 27.7 Å². The van der Waals surface area contributed by atoms with E-state index >= 15 is 0 Å². The molecule has 0 aromatic rings. The third-order valence-corrected chi connectivity index (χ3v) is 2.59. The fourth-order valence-corrected chi connectivity index (χ4v) is 1.53. The minimum atomic E-state index is 0.00241. The summed E-state index contributed by atoms with van der Waals surface area (Å²) in [6.45, 7) is 3.15. The van der Waals surface area contributed by atoms with Gasteiger partial charge in [-0.2, -0.15) is 0 Å². The molecule has 0 aliphatic rings. The maximum atomic E-state index is 11.3. The zero-order valence-electron chi connectivity index (χ0n) is 9.85. The standard InChI is InChI=1S/C11H21BrN2O2/c1-2-8-13-11(16)6-9-14-10(15)5-3-4-7-12/h2-9H2,1H3,(H,13,16)(H,14,15). The Labute approximate surface area is 106 Å². The number of hydrogen-bond acceptors (Lipinski definition) is 2. The molecule has 0 fully saturated rings. The van der Waals surface area contributed by atoms with Crippen molar-refractivity contribution in [1.29, 1.82) is 0 Å². The molecule has 0 bridgehead atoms. The number of alkyl halides is 1. The van der Waals surface area contributed by atoms with Gasteiger partial charge in [-0.25, -0.2) is 0 Å². The van der Waals surface area contributed by atoms with Gasteiger partial charge in [0.2, 0.25) is 11.8 Å². The van der Waals surface area contributed by atoms with E-state index in [0.717, 1.165) is 24.6 Å². The zero-order valence-corrected chi connectivity index (χ0v) is 11.4. The topological polar surface area (TPSA) is 58.2 Å². The Bertz CT molecular complexity index is 210. The van der Waals surface area contributed by atoms with Gasteiger partial charge < -0.3 is 10.6 Å². The van der Waals surface area contributed by atoms with Crippen LogP contribution in [0.4, 0.5) is 0 Å². The molecule has 0 radical (unpaired) electrons. The molecule has 0 atom stereocenters. The van der Waals surface area contributed by atoms with Crippen molar-refractivity contribution in [3.63, 3.8) is 0 Å². The smallest absolute Gasteiger partial charge is 0.221 e. The fraction of sp³-hybridized carbons (Fsp3) is 0.818. The molecule has 2 N–H and O–H groups in total. The lowest BCUT2D eigenvalue weighted by Crippen LogP contribution is -2.30. The number of amides is 2. The highest BCUT2D eigenvalue weighted by Crippen LogP contribution is 1.97. The lowest BCUT2D eigenvalue weighted by Gasteiger charge is -2.05. The molecule has 0 rings (SSSR count). The molecule has 2 amide bonds. The van der Waals surface area contributed by atoms with E-state index in [2.05, 4.69) is 26.6 Å². The van der Waals surface area contributed by atoms with Gasteiger partial charge in [0.1, 0.15) is 0 Å². The van der Waals surface area contributed by atoms with Crippen LogP contribution in [0.15, 0.2) is 0 Å². The molecule has 4 nitrogen and oxygen atoms in total. The van der Waals surface area contributed by atoms with E-state index in [9.17, 15) is 9.59 Å². The summed E-state index contributed by atoms with van der Waals surface area (Å²) in [6.07, 6.45) is 3.74. The first kappa shape index (κ1) is 15.4. The van der Waals surface area contributed by atoms with Crippen LogP contribution in [-0.2, 0) is 9.59 Å². The van der Waals surface area contributed by atoms with Crippen molar-refractivity contribution in [2.45, 2.75) is 39.0 Å². The number of carbonyl (C=O) groups excluding carboxylic acids is 2. The first-order valence-corrected chi connectivity index (χ1v) is 6.92. The average Bonchev–Trinajstić information content (AvgIpc) is 2.26. The van der Waals surface area contributed by atoms with Crippen LogP contribution in [0.25, 0.3) is 0 Å². The van der Waals surface area contributed by atoms with Crippen LogP contribution in [-0.4, -0.2) is 30.2 Å². The lowest BCUT2D eigenvalue weighted by atomic mass is 10.2. The predicted molar refractivity (Wildman–Crippen MR) is 68.6 cm³/mol. The maximum Gasteiger partial charge on any atom is 0.221 e. The Balaban J connectivity index is 3.36. The molecule has 16 heavy (non-hydrogen) atoms. The number of rotatable bonds is 9. The molecule has 5 heteroatoms. The number of hydrogen-bond donors (Lipinski definition) is 2. The van der Waals surface area contributed by atoms with Crippen LogP contribution in [0, 0.1) is 0 Å². The van der Waals surface area contributed by atoms with Gasteiger partial charge in [0.25, 0.3) is 0 Å². The number of carbonyl (C=O) groups is 2. The van der Waals surface area contributed by atoms with Gasteiger partial charge in [-0.1, -0.05) is 22.9 Å². The van der Waals surface area contributed by atoms with E-state index in [1.165, 1.54) is 0 Å². The largest absolute Gasteiger partial charge is 0.356 e. The Morgan fingerprint density at radius 1 is 1.00 bits per heavy atom. The average molecular weight is 293 g/mol. The minimum absolute atomic E-state index is 0.00241. The van der Waals surface area contributed by atoms with E-state index in [1.54, 1.807) is 0 Å². The van der Waals surface area contributed by atoms with E-state index in [0.29, 0.717) is 25.9 Å². The second-order valence-corrected chi connectivity index (χ2v) is 4.39. The highest BCUT2D eigenvalue weighted by Gasteiger charge is 2.03. The normalized spacial score (nSPS) is 9.88. The molecule has 0 saturated heterocycles. The highest BCUT2D eigenvalue weighted by molar-refractivity contribution is 9.09. The fourth-order valence-electron chi connectivity index (χ4n) is 1.14. The molecule has 0 spiro atoms. The third kappa shape index (κ3) is 9.96. The first-order chi connectivity index (χ1) is 7.70. The summed E-state index contributed by atoms with van der Waals surface area (Å²) < 4.78 is 0. The van der Waals surface area contributed by atoms with Gasteiger partial charge in [0.15, 0.2) is 0 Å². The zero-order chi connectivity index (χ0) is 12.2. The quantitative estimate of drug-likeness (QED) is 0.501. The lowest BCUT2D eigenvalue weighted by molar-refractivity contribution is -0.122. The van der Waals surface area contributed by atoms with E-state index in [4.69, 9.17) is 0 Å². The third-order valence-electron chi connectivity index (χ3n) is 2.03. The molecule has 0 saturated carbocycles. The Morgan fingerprint density at radius 3 is 2.25 bits per heavy atom. The minimum Gasteiger partial charge on any atom is -0.356 e. The van der Waals surface area contributed by atoms with Gasteiger partial charge in [0, 0.05) is 31.3 Å². The number of halogens is 1. The van der Waals surface area contributed by atoms with Crippen molar-refractivity contribution in [3.8, 4) is 0 Å². The number of nitrogens with one attached hydrogen (secondary N) is 2. The van der Waals surface area contributed by atoms with Crippen molar-refractivity contribution in [3.05, 3.63) is 0 Å². The Hall–Kier alpha value is -0.580. The van der Waals surface area contributed by atoms with Gasteiger partial charge in [0.05, 0.1) is 0 Å². The Kier molecular flexibility index (Phi) is 10.5. The SMILES string of the molecule is CCCNC(=O)CCNC(=O)CCCCBr. The van der Waals surface area contributed by atoms with Gasteiger partial charge >= 0.3 is 0 Å². The van der Waals surface area contributed by atoms with E-state index < -0.39 is 0 Å². The molecule has 0 unspecified atom stereocenters. The molecule has 0 aliphatic carbocycles. The predicted octanol–water partition coefficient (Wildman–Crippen LogP) is 1.58. The summed E-state index contributed by atoms with van der Waals surface area (Å²) >= 11 is 3.31. The van der Waals surface area contributed by atoms with Crippen LogP contribution < -0.4 is 10.6 Å². The molecule has 0 aromatic heterocycles. The molecule has 0 aliphatic heterocycles. The van der Waals surface area contributed by atoms with Crippen LogP contribution >= 0.6 is 15.9 Å². The molecule has 0 heterocycles. The molecule has 0 aromatic carbocycles. The summed E-state index contributed by atoms with van der Waals surface area (Å²) in [4.78, 5) is 22.4. The monoisotopic (exact) mass is 292 g/mol. The van der Waals surface area contributed by atoms with Crippen molar-refractivity contribution in [2.24, 2.45) is 0 Å². The van der Waals surface area contributed by atoms with Crippen LogP contribution in [0.5, 0.6) is 0 Å². The molecular weight excluding hydrogens is 272 g/mol. The Morgan fingerprint density at radius 2 is 1.62 bits per heavy atom. The number of unbranched alkanes of at least 4 members (excludes halogenated alkanes) is 1. The van der Waals surface area contributed by atoms with E-state index in [1.807, 2.05) is 6.92 Å². The van der Waals surface area contributed by atoms with Crippen LogP contribution in [0.3, 0.4) is 0 Å². The maximum absolute atomic E-state index is 11.3. The van der Waals surface area contributed by atoms with Crippen molar-refractivity contribution in [2.75, 3.05) is 18.4 Å². The van der Waals surface area contributed by atoms with Crippen LogP contribution in [0.2, 0.25) is 0 Å². The van der Waals surface area contributed by atoms with Crippen LogP contribution in [0.1, 0.15) is 39.0 Å². The summed E-state index contributed by atoms with van der Waals surface area (Å²) in [7, 11) is 0. The van der Waals surface area contributed by atoms with Crippen molar-refractivity contribution in [1.82, 2.24) is 10.6 Å². The first-order valence-electron chi connectivity index (χ1n) is 5.80. The summed E-state index contributed by atoms with van der Waals surface area (Å²) in [5.74, 6) is 0.0341. The summed E-state index contributed by atoms with van der Waals surface area (Å²) in [6, 6.07) is 0. The molecule has 94 valence electrons. The molecular formula is C11H21BrN2O2. The van der Waals surface area contributed by atoms with Crippen molar-refractivity contribution < 1.29 is 9.59 Å². The summed E-state index contributed by atoms with van der Waals surface area (Å²) in [5.41, 5.74) is 0. The van der Waals surface area contributed by atoms with Gasteiger partial charge in [-0.05, 0) is 19.3 Å². The van der Waals surface area contributed by atoms with E-state index in [-0.39, 0.29) is 11.8 Å².